The van der Waals surface area contributed by atoms with Crippen molar-refractivity contribution in [1.29, 1.82) is 0 Å². The topological polar surface area (TPSA) is 134 Å². The fraction of sp³-hybridized carbons (Fsp3) is 0.444. The van der Waals surface area contributed by atoms with Crippen molar-refractivity contribution in [2.75, 3.05) is 0 Å². The van der Waals surface area contributed by atoms with E-state index in [4.69, 9.17) is 10.1 Å². The van der Waals surface area contributed by atoms with E-state index in [0.29, 0.717) is 17.9 Å². The van der Waals surface area contributed by atoms with Crippen LogP contribution >= 0.6 is 0 Å². The van der Waals surface area contributed by atoms with E-state index in [9.17, 15) is 19.4 Å². The number of aliphatic carboxylic acids is 1. The van der Waals surface area contributed by atoms with E-state index >= 15 is 0 Å². The Morgan fingerprint density at radius 2 is 1.92 bits per heavy atom. The van der Waals surface area contributed by atoms with Crippen LogP contribution in [0.25, 0.3) is 28.7 Å². The molecule has 1 aliphatic heterocycles. The lowest BCUT2D eigenvalue weighted by Crippen LogP contribution is -2.27. The number of benzene rings is 1. The highest BCUT2D eigenvalue weighted by atomic mass is 19.1. The van der Waals surface area contributed by atoms with Gasteiger partial charge in [0, 0.05) is 12.0 Å². The third-order valence-corrected chi connectivity index (χ3v) is 6.70. The first-order valence-corrected chi connectivity index (χ1v) is 12.4. The molecule has 3 heterocycles. The first kappa shape index (κ1) is 26.6. The lowest BCUT2D eigenvalue weighted by Gasteiger charge is -2.23. The second-order valence-corrected chi connectivity index (χ2v) is 10.4. The van der Waals surface area contributed by atoms with Crippen LogP contribution in [-0.4, -0.2) is 58.7 Å². The molecule has 0 radical (unpaired) electrons. The molecule has 0 fully saturated rings. The van der Waals surface area contributed by atoms with Gasteiger partial charge in [-0.15, -0.1) is 5.10 Å². The summed E-state index contributed by atoms with van der Waals surface area (Å²) in [4.78, 5) is 15.9. The molecule has 0 aliphatic carbocycles. The van der Waals surface area contributed by atoms with Crippen LogP contribution in [0.1, 0.15) is 69.7 Å². The summed E-state index contributed by atoms with van der Waals surface area (Å²) in [6.45, 7) is 8.16. The molecular formula is C27H32FN5O4. The maximum Gasteiger partial charge on any atom is 0.305 e. The predicted molar refractivity (Wildman–Crippen MR) is 136 cm³/mol. The highest BCUT2D eigenvalue weighted by molar-refractivity contribution is 5.84. The number of carboxylic acids is 1. The smallest absolute Gasteiger partial charge is 0.305 e. The zero-order chi connectivity index (χ0) is 26.9. The molecule has 4 rings (SSSR count). The molecule has 2 atom stereocenters. The fourth-order valence-corrected chi connectivity index (χ4v) is 4.77. The van der Waals surface area contributed by atoms with Gasteiger partial charge in [0.05, 0.1) is 29.9 Å². The average Bonchev–Trinajstić information content (AvgIpc) is 3.28. The average molecular weight is 510 g/mol. The van der Waals surface area contributed by atoms with Crippen molar-refractivity contribution >= 4 is 12.0 Å². The number of rotatable bonds is 8. The second kappa shape index (κ2) is 10.5. The summed E-state index contributed by atoms with van der Waals surface area (Å²) >= 11 is 0. The summed E-state index contributed by atoms with van der Waals surface area (Å²) in [6, 6.07) is 6.26. The summed E-state index contributed by atoms with van der Waals surface area (Å²) in [5, 5.41) is 41.9. The van der Waals surface area contributed by atoms with Crippen molar-refractivity contribution in [2.45, 2.75) is 77.0 Å². The van der Waals surface area contributed by atoms with Gasteiger partial charge in [0.15, 0.2) is 0 Å². The molecular weight excluding hydrogens is 477 g/mol. The third kappa shape index (κ3) is 5.60. The molecule has 2 aromatic heterocycles. The van der Waals surface area contributed by atoms with Crippen LogP contribution in [-0.2, 0) is 16.8 Å². The Bertz CT molecular complexity index is 1320. The van der Waals surface area contributed by atoms with E-state index in [1.54, 1.807) is 22.9 Å². The molecule has 10 heteroatoms. The van der Waals surface area contributed by atoms with Gasteiger partial charge in [0.1, 0.15) is 11.5 Å². The fourth-order valence-electron chi connectivity index (χ4n) is 4.77. The second-order valence-electron chi connectivity index (χ2n) is 10.4. The van der Waals surface area contributed by atoms with Gasteiger partial charge in [0.2, 0.25) is 5.82 Å². The molecule has 0 spiro atoms. The Labute approximate surface area is 214 Å². The van der Waals surface area contributed by atoms with Gasteiger partial charge < -0.3 is 15.3 Å². The van der Waals surface area contributed by atoms with Gasteiger partial charge in [0.25, 0.3) is 0 Å². The quantitative estimate of drug-likeness (QED) is 0.416. The minimum absolute atomic E-state index is 0.0144. The standard InChI is InChI=1S/C27H32FN5O4/c1-15(2)24-20(10-9-18(34)13-19(35)14-22(36)37)23(16-5-7-17(28)8-6-16)21-11-12-27(3,4)33-26(25(21)29-24)30-31-32-33/h5-10,15,18-19,34-35H,11-14H2,1-4H3,(H,36,37)/t18-,19-/m1/s1. The summed E-state index contributed by atoms with van der Waals surface area (Å²) in [5.74, 6) is -0.933. The third-order valence-electron chi connectivity index (χ3n) is 6.70. The van der Waals surface area contributed by atoms with Crippen molar-refractivity contribution in [3.8, 4) is 22.6 Å². The van der Waals surface area contributed by atoms with Gasteiger partial charge in [-0.3, -0.25) is 4.79 Å². The Hall–Kier alpha value is -3.50. The van der Waals surface area contributed by atoms with Crippen LogP contribution in [0, 0.1) is 5.82 Å². The van der Waals surface area contributed by atoms with E-state index in [0.717, 1.165) is 34.4 Å². The number of hydrogen-bond acceptors (Lipinski definition) is 7. The maximum absolute atomic E-state index is 13.9. The van der Waals surface area contributed by atoms with Crippen molar-refractivity contribution in [3.63, 3.8) is 0 Å². The van der Waals surface area contributed by atoms with Crippen LogP contribution in [0.3, 0.4) is 0 Å². The van der Waals surface area contributed by atoms with Crippen molar-refractivity contribution in [1.82, 2.24) is 25.2 Å². The Morgan fingerprint density at radius 1 is 1.22 bits per heavy atom. The number of tetrazole rings is 1. The lowest BCUT2D eigenvalue weighted by molar-refractivity contribution is -0.139. The van der Waals surface area contributed by atoms with E-state index in [1.807, 2.05) is 13.8 Å². The number of fused-ring (bicyclic) bond motifs is 3. The van der Waals surface area contributed by atoms with Gasteiger partial charge >= 0.3 is 5.97 Å². The first-order valence-electron chi connectivity index (χ1n) is 12.4. The normalized spacial score (nSPS) is 16.3. The lowest BCUT2D eigenvalue weighted by atomic mass is 9.86. The van der Waals surface area contributed by atoms with E-state index < -0.39 is 24.6 Å². The molecule has 37 heavy (non-hydrogen) atoms. The number of hydrogen-bond donors (Lipinski definition) is 3. The monoisotopic (exact) mass is 509 g/mol. The summed E-state index contributed by atoms with van der Waals surface area (Å²) in [5.41, 5.74) is 4.42. The minimum Gasteiger partial charge on any atom is -0.481 e. The Kier molecular flexibility index (Phi) is 7.52. The molecule has 3 aromatic rings. The van der Waals surface area contributed by atoms with Crippen LogP contribution in [0.4, 0.5) is 4.39 Å². The minimum atomic E-state index is -1.18. The van der Waals surface area contributed by atoms with Crippen LogP contribution in [0.5, 0.6) is 0 Å². The van der Waals surface area contributed by atoms with E-state index in [2.05, 4.69) is 29.4 Å². The van der Waals surface area contributed by atoms with E-state index in [-0.39, 0.29) is 23.7 Å². The largest absolute Gasteiger partial charge is 0.481 e. The van der Waals surface area contributed by atoms with Crippen molar-refractivity contribution < 1.29 is 24.5 Å². The molecule has 196 valence electrons. The number of carboxylic acid groups (broad SMARTS) is 1. The number of pyridine rings is 1. The van der Waals surface area contributed by atoms with Crippen LogP contribution in [0.2, 0.25) is 0 Å². The Morgan fingerprint density at radius 3 is 2.57 bits per heavy atom. The molecule has 3 N–H and O–H groups in total. The van der Waals surface area contributed by atoms with Crippen LogP contribution in [0.15, 0.2) is 30.3 Å². The van der Waals surface area contributed by atoms with Gasteiger partial charge in [-0.05, 0) is 71.9 Å². The molecule has 0 amide bonds. The summed E-state index contributed by atoms with van der Waals surface area (Å²) < 4.78 is 15.7. The number of carbonyl (C=O) groups is 1. The van der Waals surface area contributed by atoms with Crippen molar-refractivity contribution in [3.05, 3.63) is 53.0 Å². The molecule has 0 saturated heterocycles. The molecule has 0 saturated carbocycles. The predicted octanol–water partition coefficient (Wildman–Crippen LogP) is 3.95. The Balaban J connectivity index is 1.92. The number of halogens is 1. The zero-order valence-electron chi connectivity index (χ0n) is 21.4. The van der Waals surface area contributed by atoms with Crippen molar-refractivity contribution in [2.24, 2.45) is 0 Å². The summed E-state index contributed by atoms with van der Waals surface area (Å²) in [7, 11) is 0. The zero-order valence-corrected chi connectivity index (χ0v) is 21.4. The molecule has 9 nitrogen and oxygen atoms in total. The number of nitrogens with zero attached hydrogens (tertiary/aromatic N) is 5. The molecule has 1 aromatic carbocycles. The van der Waals surface area contributed by atoms with Gasteiger partial charge in [-0.2, -0.15) is 0 Å². The van der Waals surface area contributed by atoms with Crippen LogP contribution < -0.4 is 0 Å². The number of aromatic nitrogens is 5. The van der Waals surface area contributed by atoms with E-state index in [1.165, 1.54) is 18.2 Å². The molecule has 0 bridgehead atoms. The maximum atomic E-state index is 13.9. The molecule has 0 unspecified atom stereocenters. The highest BCUT2D eigenvalue weighted by Gasteiger charge is 2.34. The number of aliphatic hydroxyl groups excluding tert-OH is 2. The van der Waals surface area contributed by atoms with Gasteiger partial charge in [-0.1, -0.05) is 38.1 Å². The first-order chi connectivity index (χ1) is 17.5. The summed E-state index contributed by atoms with van der Waals surface area (Å²) in [6.07, 6.45) is 1.89. The highest BCUT2D eigenvalue weighted by Crippen LogP contribution is 2.42. The number of aliphatic hydroxyl groups is 2. The SMILES string of the molecule is CC(C)c1nc2c(c(-c3ccc(F)cc3)c1C=C[C@@H](O)C[C@@H](O)CC(=O)O)CCC(C)(C)n1nnnc1-2. The van der Waals surface area contributed by atoms with Gasteiger partial charge in [-0.25, -0.2) is 14.1 Å². The molecule has 1 aliphatic rings.